The summed E-state index contributed by atoms with van der Waals surface area (Å²) in [5.41, 5.74) is 1.90. The molecule has 2 rings (SSSR count). The van der Waals surface area contributed by atoms with Crippen molar-refractivity contribution < 1.29 is 14.5 Å². The van der Waals surface area contributed by atoms with Crippen LogP contribution in [0.3, 0.4) is 0 Å². The van der Waals surface area contributed by atoms with Crippen molar-refractivity contribution in [3.8, 4) is 0 Å². The van der Waals surface area contributed by atoms with Crippen LogP contribution in [-0.4, -0.2) is 49.4 Å². The van der Waals surface area contributed by atoms with Crippen molar-refractivity contribution in [2.75, 3.05) is 32.0 Å². The number of nitrogens with one attached hydrogen (secondary N) is 2. The van der Waals surface area contributed by atoms with Gasteiger partial charge >= 0.3 is 0 Å². The van der Waals surface area contributed by atoms with Crippen molar-refractivity contribution in [3.63, 3.8) is 0 Å². The van der Waals surface area contributed by atoms with Crippen molar-refractivity contribution in [1.29, 1.82) is 0 Å². The number of amides is 2. The Labute approximate surface area is 151 Å². The minimum Gasteiger partial charge on any atom is -0.331 e. The topological polar surface area (TPSA) is 53.9 Å². The Bertz CT molecular complexity index is 589. The molecule has 138 valence electrons. The third kappa shape index (κ3) is 5.56. The van der Waals surface area contributed by atoms with Crippen molar-refractivity contribution in [2.45, 2.75) is 40.2 Å². The first-order valence-electron chi connectivity index (χ1n) is 9.22. The zero-order valence-corrected chi connectivity index (χ0v) is 16.1. The summed E-state index contributed by atoms with van der Waals surface area (Å²) in [5.74, 6) is 1.16. The van der Waals surface area contributed by atoms with Crippen molar-refractivity contribution in [2.24, 2.45) is 11.8 Å². The highest BCUT2D eigenvalue weighted by Crippen LogP contribution is 2.13. The number of rotatable bonds is 5. The van der Waals surface area contributed by atoms with Gasteiger partial charge < -0.3 is 15.1 Å². The highest BCUT2D eigenvalue weighted by molar-refractivity contribution is 5.94. The van der Waals surface area contributed by atoms with E-state index in [1.807, 2.05) is 38.1 Å². The van der Waals surface area contributed by atoms with Gasteiger partial charge in [-0.2, -0.15) is 0 Å². The molecule has 0 saturated carbocycles. The summed E-state index contributed by atoms with van der Waals surface area (Å²) >= 11 is 0. The molecule has 2 amide bonds. The maximum Gasteiger partial charge on any atom is 0.280 e. The molecular formula is C20H32N3O2+. The van der Waals surface area contributed by atoms with Crippen LogP contribution < -0.4 is 10.2 Å². The first kappa shape index (κ1) is 19.4. The Balaban J connectivity index is 1.88. The van der Waals surface area contributed by atoms with Crippen LogP contribution in [-0.2, 0) is 9.59 Å². The Kier molecular flexibility index (Phi) is 6.59. The second-order valence-electron chi connectivity index (χ2n) is 7.84. The number of benzene rings is 1. The smallest absolute Gasteiger partial charge is 0.280 e. The zero-order valence-electron chi connectivity index (χ0n) is 16.1. The molecule has 1 fully saturated rings. The normalized spacial score (nSPS) is 24.4. The van der Waals surface area contributed by atoms with Crippen LogP contribution in [0.5, 0.6) is 0 Å². The lowest BCUT2D eigenvalue weighted by Crippen LogP contribution is -3.18. The lowest BCUT2D eigenvalue weighted by atomic mass is 9.91. The molecule has 25 heavy (non-hydrogen) atoms. The summed E-state index contributed by atoms with van der Waals surface area (Å²) < 4.78 is 0. The average molecular weight is 346 g/mol. The van der Waals surface area contributed by atoms with Crippen LogP contribution in [0.25, 0.3) is 0 Å². The summed E-state index contributed by atoms with van der Waals surface area (Å²) in [6.45, 7) is 10.6. The fourth-order valence-corrected chi connectivity index (χ4v) is 3.82. The Hall–Kier alpha value is -1.88. The number of carbonyl (C=O) groups excluding carboxylic acids is 2. The molecule has 2 N–H and O–H groups in total. The molecular weight excluding hydrogens is 314 g/mol. The van der Waals surface area contributed by atoms with Gasteiger partial charge in [0.2, 0.25) is 5.91 Å². The molecule has 1 aromatic rings. The number of likely N-dealkylation sites (tertiary alicyclic amines) is 1. The summed E-state index contributed by atoms with van der Waals surface area (Å²) in [7, 11) is 1.71. The quantitative estimate of drug-likeness (QED) is 0.845. The van der Waals surface area contributed by atoms with Crippen LogP contribution in [0.1, 0.15) is 32.8 Å². The molecule has 3 atom stereocenters. The third-order valence-electron chi connectivity index (χ3n) is 5.10. The van der Waals surface area contributed by atoms with Gasteiger partial charge in [0.1, 0.15) is 0 Å². The average Bonchev–Trinajstić information content (AvgIpc) is 2.54. The van der Waals surface area contributed by atoms with Gasteiger partial charge in [-0.05, 0) is 32.4 Å². The highest BCUT2D eigenvalue weighted by Gasteiger charge is 2.34. The summed E-state index contributed by atoms with van der Waals surface area (Å²) in [5, 5.41) is 2.85. The van der Waals surface area contributed by atoms with Gasteiger partial charge in [0, 0.05) is 24.6 Å². The van der Waals surface area contributed by atoms with Crippen LogP contribution in [0.4, 0.5) is 5.69 Å². The van der Waals surface area contributed by atoms with Crippen molar-refractivity contribution in [1.82, 2.24) is 4.90 Å². The van der Waals surface area contributed by atoms with Crippen LogP contribution >= 0.6 is 0 Å². The van der Waals surface area contributed by atoms with E-state index < -0.39 is 0 Å². The second-order valence-corrected chi connectivity index (χ2v) is 7.84. The number of quaternary nitrogens is 1. The van der Waals surface area contributed by atoms with E-state index in [4.69, 9.17) is 0 Å². The molecule has 5 nitrogen and oxygen atoms in total. The zero-order chi connectivity index (χ0) is 18.6. The number of nitrogens with zero attached hydrogens (tertiary/aromatic N) is 1. The van der Waals surface area contributed by atoms with E-state index in [9.17, 15) is 9.59 Å². The summed E-state index contributed by atoms with van der Waals surface area (Å²) in [6.07, 6.45) is 1.24. The fourth-order valence-electron chi connectivity index (χ4n) is 3.82. The number of carbonyl (C=O) groups is 2. The van der Waals surface area contributed by atoms with Gasteiger partial charge in [0.25, 0.3) is 5.91 Å². The Morgan fingerprint density at radius 2 is 1.76 bits per heavy atom. The Morgan fingerprint density at radius 1 is 1.20 bits per heavy atom. The van der Waals surface area contributed by atoms with Crippen LogP contribution in [0.15, 0.2) is 24.3 Å². The van der Waals surface area contributed by atoms with Gasteiger partial charge in [-0.1, -0.05) is 31.5 Å². The lowest BCUT2D eigenvalue weighted by Gasteiger charge is -2.36. The molecule has 5 heteroatoms. The molecule has 0 aromatic heterocycles. The lowest BCUT2D eigenvalue weighted by molar-refractivity contribution is -0.926. The van der Waals surface area contributed by atoms with Crippen molar-refractivity contribution >= 4 is 17.5 Å². The van der Waals surface area contributed by atoms with E-state index in [2.05, 4.69) is 19.2 Å². The standard InChI is InChI=1S/C20H31N3O2/c1-14-6-8-18(9-7-14)21-19(24)13-22(5)20(25)17(4)23-11-15(2)10-16(3)12-23/h6-9,15-17H,10-13H2,1-5H3,(H,21,24)/p+1/t15-,16-,17+/m0/s1. The summed E-state index contributed by atoms with van der Waals surface area (Å²) in [6, 6.07) is 7.54. The molecule has 0 radical (unpaired) electrons. The molecule has 1 aromatic carbocycles. The van der Waals surface area contributed by atoms with Crippen LogP contribution in [0.2, 0.25) is 0 Å². The molecule has 0 unspecified atom stereocenters. The number of hydrogen-bond acceptors (Lipinski definition) is 2. The van der Waals surface area contributed by atoms with E-state index in [0.717, 1.165) is 24.3 Å². The maximum absolute atomic E-state index is 12.7. The molecule has 1 saturated heterocycles. The van der Waals surface area contributed by atoms with Gasteiger partial charge in [0.05, 0.1) is 19.6 Å². The minimum atomic E-state index is -0.165. The predicted molar refractivity (Wildman–Crippen MR) is 101 cm³/mol. The molecule has 0 bridgehead atoms. The predicted octanol–water partition coefficient (Wildman–Crippen LogP) is 1.34. The molecule has 0 aliphatic carbocycles. The number of anilines is 1. The van der Waals surface area contributed by atoms with Gasteiger partial charge in [-0.15, -0.1) is 0 Å². The number of aryl methyl sites for hydroxylation is 1. The van der Waals surface area contributed by atoms with E-state index >= 15 is 0 Å². The first-order valence-corrected chi connectivity index (χ1v) is 9.22. The van der Waals surface area contributed by atoms with Gasteiger partial charge in [0.15, 0.2) is 6.04 Å². The monoisotopic (exact) mass is 346 g/mol. The minimum absolute atomic E-state index is 0.0374. The molecule has 1 aliphatic heterocycles. The van der Waals surface area contributed by atoms with E-state index in [-0.39, 0.29) is 24.4 Å². The SMILES string of the molecule is Cc1ccc(NC(=O)CN(C)C(=O)[C@@H](C)[NH+]2C[C@@H](C)C[C@H](C)C2)cc1. The van der Waals surface area contributed by atoms with Gasteiger partial charge in [-0.25, -0.2) is 0 Å². The Morgan fingerprint density at radius 3 is 2.32 bits per heavy atom. The van der Waals surface area contributed by atoms with E-state index in [1.54, 1.807) is 11.9 Å². The van der Waals surface area contributed by atoms with Crippen molar-refractivity contribution in [3.05, 3.63) is 29.8 Å². The number of piperidine rings is 1. The first-order chi connectivity index (χ1) is 11.8. The highest BCUT2D eigenvalue weighted by atomic mass is 16.2. The maximum atomic E-state index is 12.7. The summed E-state index contributed by atoms with van der Waals surface area (Å²) in [4.78, 5) is 27.8. The van der Waals surface area contributed by atoms with Gasteiger partial charge in [-0.3, -0.25) is 9.59 Å². The molecule has 1 heterocycles. The van der Waals surface area contributed by atoms with Crippen LogP contribution in [0, 0.1) is 18.8 Å². The van der Waals surface area contributed by atoms with E-state index in [1.165, 1.54) is 11.3 Å². The largest absolute Gasteiger partial charge is 0.331 e. The fraction of sp³-hybridized carbons (Fsp3) is 0.600. The van der Waals surface area contributed by atoms with E-state index in [0.29, 0.717) is 11.8 Å². The number of likely N-dealkylation sites (N-methyl/N-ethyl adjacent to an activating group) is 1. The molecule has 1 aliphatic rings. The number of hydrogen-bond donors (Lipinski definition) is 2. The third-order valence-corrected chi connectivity index (χ3v) is 5.10. The second kappa shape index (κ2) is 8.48. The molecule has 0 spiro atoms.